The summed E-state index contributed by atoms with van der Waals surface area (Å²) in [5.74, 6) is -2.44. The van der Waals surface area contributed by atoms with E-state index in [0.29, 0.717) is 22.6 Å². The first-order chi connectivity index (χ1) is 8.86. The lowest BCUT2D eigenvalue weighted by molar-refractivity contribution is -0.268. The van der Waals surface area contributed by atoms with E-state index in [1.165, 1.54) is 6.92 Å². The topological polar surface area (TPSA) is 55.8 Å². The summed E-state index contributed by atoms with van der Waals surface area (Å²) in [6, 6.07) is 0. The van der Waals surface area contributed by atoms with Crippen LogP contribution in [0.25, 0.3) is 0 Å². The molecule has 0 aliphatic rings. The first-order valence-corrected chi connectivity index (χ1v) is 6.25. The Kier molecular flexibility index (Phi) is 7.01. The van der Waals surface area contributed by atoms with E-state index in [-0.39, 0.29) is 13.0 Å². The number of halogens is 7. The number of hydrogen-bond acceptors (Lipinski definition) is 3. The molecule has 0 aromatic carbocycles. The molecular formula is C9H11F6IO4. The van der Waals surface area contributed by atoms with Crippen molar-refractivity contribution < 1.29 is 45.7 Å². The van der Waals surface area contributed by atoms with Gasteiger partial charge in [-0.05, 0) is 29.0 Å². The number of hydrogen-bond donors (Lipinski definition) is 1. The Balaban J connectivity index is 4.94. The highest BCUT2D eigenvalue weighted by Crippen LogP contribution is 2.40. The van der Waals surface area contributed by atoms with Crippen LogP contribution in [0.2, 0.25) is 0 Å². The fraction of sp³-hybridized carbons (Fsp3) is 0.889. The van der Waals surface area contributed by atoms with E-state index in [2.05, 4.69) is 9.47 Å². The van der Waals surface area contributed by atoms with Crippen molar-refractivity contribution in [2.75, 3.05) is 13.2 Å². The van der Waals surface area contributed by atoms with Gasteiger partial charge in [0.25, 0.3) is 0 Å². The summed E-state index contributed by atoms with van der Waals surface area (Å²) in [6.07, 6.45) is -12.8. The van der Waals surface area contributed by atoms with Crippen LogP contribution in [0.15, 0.2) is 0 Å². The van der Waals surface area contributed by atoms with Crippen molar-refractivity contribution in [3.8, 4) is 0 Å². The highest BCUT2D eigenvalue weighted by Gasteiger charge is 2.62. The second kappa shape index (κ2) is 7.11. The standard InChI is InChI=1S/C9H11F6IO4/c1-2-3-19-5(8(10,11)12)4-20-7(16,6(17)18)9(13,14)15/h5H,2-4H2,1H3,(H,17,18). The zero-order valence-corrected chi connectivity index (χ0v) is 12.2. The van der Waals surface area contributed by atoms with Gasteiger partial charge in [0.05, 0.1) is 6.61 Å². The van der Waals surface area contributed by atoms with Crippen LogP contribution >= 0.6 is 22.6 Å². The molecule has 0 fully saturated rings. The molecule has 0 aromatic rings. The lowest BCUT2D eigenvalue weighted by Crippen LogP contribution is -2.51. The summed E-state index contributed by atoms with van der Waals surface area (Å²) < 4.78 is 79.5. The molecule has 0 aromatic heterocycles. The number of alkyl halides is 7. The second-order valence-electron chi connectivity index (χ2n) is 3.61. The van der Waals surface area contributed by atoms with E-state index in [1.807, 2.05) is 0 Å². The quantitative estimate of drug-likeness (QED) is 0.388. The van der Waals surface area contributed by atoms with Crippen LogP contribution < -0.4 is 0 Å². The molecule has 4 nitrogen and oxygen atoms in total. The van der Waals surface area contributed by atoms with Crippen molar-refractivity contribution in [3.63, 3.8) is 0 Å². The monoisotopic (exact) mass is 424 g/mol. The number of carboxylic acid groups (broad SMARTS) is 1. The molecule has 2 atom stereocenters. The molecule has 20 heavy (non-hydrogen) atoms. The summed E-state index contributed by atoms with van der Waals surface area (Å²) in [6.45, 7) is -0.414. The summed E-state index contributed by atoms with van der Waals surface area (Å²) in [5, 5.41) is 8.49. The predicted molar refractivity (Wildman–Crippen MR) is 62.5 cm³/mol. The summed E-state index contributed by atoms with van der Waals surface area (Å²) >= 11 is 0.401. The smallest absolute Gasteiger partial charge is 0.438 e. The van der Waals surface area contributed by atoms with Crippen molar-refractivity contribution >= 4 is 28.6 Å². The van der Waals surface area contributed by atoms with Gasteiger partial charge in [-0.3, -0.25) is 0 Å². The number of carbonyl (C=O) groups is 1. The van der Waals surface area contributed by atoms with Crippen LogP contribution in [0.5, 0.6) is 0 Å². The van der Waals surface area contributed by atoms with Crippen LogP contribution in [0.4, 0.5) is 26.3 Å². The van der Waals surface area contributed by atoms with Crippen LogP contribution in [-0.2, 0) is 14.3 Å². The Hall–Kier alpha value is -0.300. The molecule has 0 heterocycles. The van der Waals surface area contributed by atoms with Crippen LogP contribution in [0, 0.1) is 0 Å². The zero-order valence-electron chi connectivity index (χ0n) is 10.0. The molecular weight excluding hydrogens is 413 g/mol. The van der Waals surface area contributed by atoms with Crippen LogP contribution in [0.3, 0.4) is 0 Å². The van der Waals surface area contributed by atoms with E-state index in [0.717, 1.165) is 0 Å². The second-order valence-corrected chi connectivity index (χ2v) is 5.13. The molecule has 0 rings (SSSR count). The van der Waals surface area contributed by atoms with Gasteiger partial charge in [-0.1, -0.05) is 6.92 Å². The maximum absolute atomic E-state index is 12.5. The Morgan fingerprint density at radius 3 is 2.05 bits per heavy atom. The SMILES string of the molecule is CCCOC(COC(I)(C(=O)O)C(F)(F)F)C(F)(F)F. The minimum atomic E-state index is -5.37. The molecule has 2 unspecified atom stereocenters. The fourth-order valence-electron chi connectivity index (χ4n) is 0.953. The van der Waals surface area contributed by atoms with Gasteiger partial charge in [0.15, 0.2) is 6.10 Å². The van der Waals surface area contributed by atoms with Crippen molar-refractivity contribution in [1.29, 1.82) is 0 Å². The summed E-state index contributed by atoms with van der Waals surface area (Å²) in [7, 11) is 0. The van der Waals surface area contributed by atoms with Crippen molar-refractivity contribution in [3.05, 3.63) is 0 Å². The molecule has 11 heteroatoms. The first kappa shape index (κ1) is 19.7. The molecule has 0 aliphatic carbocycles. The van der Waals surface area contributed by atoms with Gasteiger partial charge >= 0.3 is 21.9 Å². The van der Waals surface area contributed by atoms with Gasteiger partial charge in [-0.25, -0.2) is 4.79 Å². The van der Waals surface area contributed by atoms with Gasteiger partial charge in [-0.15, -0.1) is 0 Å². The van der Waals surface area contributed by atoms with Crippen molar-refractivity contribution in [2.45, 2.75) is 35.4 Å². The Labute approximate surface area is 123 Å². The largest absolute Gasteiger partial charge is 0.478 e. The van der Waals surface area contributed by atoms with E-state index in [1.54, 1.807) is 0 Å². The fourth-order valence-corrected chi connectivity index (χ4v) is 1.13. The maximum Gasteiger partial charge on any atom is 0.438 e. The third-order valence-corrected chi connectivity index (χ3v) is 3.35. The van der Waals surface area contributed by atoms with Crippen molar-refractivity contribution in [1.82, 2.24) is 0 Å². The van der Waals surface area contributed by atoms with Gasteiger partial charge in [0.1, 0.15) is 0 Å². The highest BCUT2D eigenvalue weighted by molar-refractivity contribution is 14.1. The molecule has 0 spiro atoms. The lowest BCUT2D eigenvalue weighted by Gasteiger charge is -2.28. The number of aliphatic carboxylic acids is 1. The van der Waals surface area contributed by atoms with E-state index >= 15 is 0 Å². The van der Waals surface area contributed by atoms with Crippen LogP contribution in [0.1, 0.15) is 13.3 Å². The zero-order chi connectivity index (χ0) is 16.2. The Bertz CT molecular complexity index is 331. The van der Waals surface area contributed by atoms with Gasteiger partial charge in [0.2, 0.25) is 0 Å². The third-order valence-electron chi connectivity index (χ3n) is 1.96. The number of ether oxygens (including phenoxy) is 2. The van der Waals surface area contributed by atoms with E-state index in [4.69, 9.17) is 5.11 Å². The lowest BCUT2D eigenvalue weighted by atomic mass is 10.3. The van der Waals surface area contributed by atoms with Crippen LogP contribution in [-0.4, -0.2) is 46.4 Å². The maximum atomic E-state index is 12.5. The average molecular weight is 424 g/mol. The number of rotatable bonds is 7. The molecule has 1 N–H and O–H groups in total. The Morgan fingerprint density at radius 2 is 1.75 bits per heavy atom. The van der Waals surface area contributed by atoms with Gasteiger partial charge < -0.3 is 14.6 Å². The summed E-state index contributed by atoms with van der Waals surface area (Å²) in [5.41, 5.74) is 0. The molecule has 0 bridgehead atoms. The molecule has 0 saturated carbocycles. The summed E-state index contributed by atoms with van der Waals surface area (Å²) in [4.78, 5) is 10.6. The third kappa shape index (κ3) is 5.24. The molecule has 0 saturated heterocycles. The van der Waals surface area contributed by atoms with Gasteiger partial charge in [-0.2, -0.15) is 26.3 Å². The predicted octanol–water partition coefficient (Wildman–Crippen LogP) is 3.14. The number of carboxylic acids is 1. The minimum Gasteiger partial charge on any atom is -0.478 e. The molecule has 0 radical (unpaired) electrons. The first-order valence-electron chi connectivity index (χ1n) is 5.17. The van der Waals surface area contributed by atoms with Gasteiger partial charge in [0, 0.05) is 6.61 Å². The average Bonchev–Trinajstić information content (AvgIpc) is 2.24. The Morgan fingerprint density at radius 1 is 1.25 bits per heavy atom. The molecule has 0 aliphatic heterocycles. The van der Waals surface area contributed by atoms with E-state index < -0.39 is 34.6 Å². The van der Waals surface area contributed by atoms with E-state index in [9.17, 15) is 31.1 Å². The minimum absolute atomic E-state index is 0.208. The highest BCUT2D eigenvalue weighted by atomic mass is 127. The normalized spacial score (nSPS) is 17.6. The molecule has 120 valence electrons. The molecule has 0 amide bonds. The van der Waals surface area contributed by atoms with Crippen molar-refractivity contribution in [2.24, 2.45) is 0 Å².